The highest BCUT2D eigenvalue weighted by Gasteiger charge is 2.69. The van der Waals surface area contributed by atoms with Crippen LogP contribution in [0.3, 0.4) is 0 Å². The number of hydrogen-bond donors (Lipinski definition) is 4. The van der Waals surface area contributed by atoms with Gasteiger partial charge in [-0.25, -0.2) is 4.79 Å². The maximum Gasteiger partial charge on any atom is 0.316 e. The molecule has 5 rings (SSSR count). The lowest BCUT2D eigenvalue weighted by Crippen LogP contribution is -2.61. The Kier molecular flexibility index (Phi) is 9.46. The standard InChI is InChI=1S/C32H49N5O6/c1-32(2)21-16-37(26(24(21)32)29(41)34-22(15-18-13-14-18)27(39)28(33)40)30(42)25(20-11-7-4-8-12-20)36-31(43)35-23(17-38)19-9-5-3-6-10-19/h17-26H,3-16H2,1-2H3,(H2,33,40)(H,34,41)(H2,35,36,43)/t21-,22?,23+,24-,25-,26-/m0/s1. The highest BCUT2D eigenvalue weighted by atomic mass is 16.2. The Bertz CT molecular complexity index is 1110. The van der Waals surface area contributed by atoms with Gasteiger partial charge in [0.05, 0.1) is 12.1 Å². The lowest BCUT2D eigenvalue weighted by molar-refractivity contribution is -0.144. The number of ketones is 1. The Morgan fingerprint density at radius 1 is 0.860 bits per heavy atom. The molecule has 0 aromatic carbocycles. The summed E-state index contributed by atoms with van der Waals surface area (Å²) in [6, 6.07) is -3.78. The summed E-state index contributed by atoms with van der Waals surface area (Å²) in [7, 11) is 0. The molecule has 5 N–H and O–H groups in total. The second kappa shape index (κ2) is 12.9. The predicted molar refractivity (Wildman–Crippen MR) is 158 cm³/mol. The van der Waals surface area contributed by atoms with Crippen LogP contribution in [0.1, 0.15) is 97.3 Å². The number of Topliss-reactive ketones (excluding diaryl/α,β-unsaturated/α-hetero) is 1. The number of fused-ring (bicyclic) bond motifs is 1. The number of nitrogens with two attached hydrogens (primary N) is 1. The van der Waals surface area contributed by atoms with Gasteiger partial charge in [-0.05, 0) is 67.1 Å². The molecule has 11 heteroatoms. The smallest absolute Gasteiger partial charge is 0.316 e. The lowest BCUT2D eigenvalue weighted by atomic mass is 9.83. The molecule has 4 saturated carbocycles. The minimum atomic E-state index is -1.08. The molecule has 0 aromatic rings. The highest BCUT2D eigenvalue weighted by molar-refractivity contribution is 6.37. The Morgan fingerprint density at radius 2 is 1.47 bits per heavy atom. The first-order valence-electron chi connectivity index (χ1n) is 16.5. The Labute approximate surface area is 254 Å². The van der Waals surface area contributed by atoms with Crippen molar-refractivity contribution < 1.29 is 28.8 Å². The van der Waals surface area contributed by atoms with Crippen LogP contribution in [0.5, 0.6) is 0 Å². The molecule has 238 valence electrons. The normalized spacial score (nSPS) is 29.0. The largest absolute Gasteiger partial charge is 0.363 e. The van der Waals surface area contributed by atoms with E-state index in [1.807, 2.05) is 0 Å². The molecule has 5 aliphatic rings. The van der Waals surface area contributed by atoms with Crippen molar-refractivity contribution in [1.29, 1.82) is 0 Å². The van der Waals surface area contributed by atoms with Crippen LogP contribution in [-0.2, 0) is 24.0 Å². The van der Waals surface area contributed by atoms with Gasteiger partial charge in [-0.1, -0.05) is 65.2 Å². The number of nitrogens with zero attached hydrogens (tertiary/aromatic N) is 1. The van der Waals surface area contributed by atoms with Crippen LogP contribution >= 0.6 is 0 Å². The number of aldehydes is 1. The summed E-state index contributed by atoms with van der Waals surface area (Å²) in [4.78, 5) is 79.4. The molecule has 0 radical (unpaired) electrons. The van der Waals surface area contributed by atoms with Gasteiger partial charge >= 0.3 is 6.03 Å². The van der Waals surface area contributed by atoms with Gasteiger partial charge in [-0.2, -0.15) is 0 Å². The predicted octanol–water partition coefficient (Wildman–Crippen LogP) is 2.20. The van der Waals surface area contributed by atoms with E-state index in [2.05, 4.69) is 29.8 Å². The molecule has 5 amide bonds. The van der Waals surface area contributed by atoms with E-state index < -0.39 is 47.8 Å². The van der Waals surface area contributed by atoms with Crippen molar-refractivity contribution in [3.05, 3.63) is 0 Å². The van der Waals surface area contributed by atoms with Crippen molar-refractivity contribution >= 4 is 35.8 Å². The zero-order valence-corrected chi connectivity index (χ0v) is 25.6. The maximum atomic E-state index is 14.3. The monoisotopic (exact) mass is 599 g/mol. The second-order valence-electron chi connectivity index (χ2n) is 14.4. The Balaban J connectivity index is 1.33. The lowest BCUT2D eigenvalue weighted by Gasteiger charge is -2.37. The number of likely N-dealkylation sites (tertiary alicyclic amines) is 1. The summed E-state index contributed by atoms with van der Waals surface area (Å²) in [6.07, 6.45) is 12.6. The number of hydrogen-bond acceptors (Lipinski definition) is 6. The third kappa shape index (κ3) is 6.90. The van der Waals surface area contributed by atoms with Crippen molar-refractivity contribution in [3.8, 4) is 0 Å². The summed E-state index contributed by atoms with van der Waals surface area (Å²) < 4.78 is 0. The number of amides is 5. The molecule has 4 aliphatic carbocycles. The Hall–Kier alpha value is -2.98. The third-order valence-electron chi connectivity index (χ3n) is 11.2. The number of carbonyl (C=O) groups is 6. The molecule has 43 heavy (non-hydrogen) atoms. The van der Waals surface area contributed by atoms with E-state index in [1.54, 1.807) is 4.90 Å². The second-order valence-corrected chi connectivity index (χ2v) is 14.4. The molecule has 1 unspecified atom stereocenters. The van der Waals surface area contributed by atoms with Crippen LogP contribution in [0.15, 0.2) is 0 Å². The van der Waals surface area contributed by atoms with Crippen molar-refractivity contribution in [2.75, 3.05) is 6.54 Å². The molecular formula is C32H49N5O6. The van der Waals surface area contributed by atoms with Crippen LogP contribution in [-0.4, -0.2) is 71.4 Å². The summed E-state index contributed by atoms with van der Waals surface area (Å²) >= 11 is 0. The molecule has 0 spiro atoms. The van der Waals surface area contributed by atoms with E-state index in [4.69, 9.17) is 5.73 Å². The fourth-order valence-corrected chi connectivity index (χ4v) is 8.28. The minimum Gasteiger partial charge on any atom is -0.363 e. The summed E-state index contributed by atoms with van der Waals surface area (Å²) in [5.41, 5.74) is 5.15. The van der Waals surface area contributed by atoms with E-state index in [1.165, 1.54) is 0 Å². The van der Waals surface area contributed by atoms with Crippen LogP contribution in [0.4, 0.5) is 4.79 Å². The molecule has 0 aromatic heterocycles. The van der Waals surface area contributed by atoms with Gasteiger partial charge in [0.25, 0.3) is 5.91 Å². The van der Waals surface area contributed by atoms with Gasteiger partial charge in [0.15, 0.2) is 0 Å². The summed E-state index contributed by atoms with van der Waals surface area (Å²) in [5, 5.41) is 8.58. The maximum absolute atomic E-state index is 14.3. The van der Waals surface area contributed by atoms with E-state index >= 15 is 0 Å². The average molecular weight is 600 g/mol. The molecule has 0 bridgehead atoms. The van der Waals surface area contributed by atoms with Gasteiger partial charge in [0.1, 0.15) is 18.4 Å². The number of nitrogens with one attached hydrogen (secondary N) is 3. The van der Waals surface area contributed by atoms with Crippen LogP contribution in [0.2, 0.25) is 0 Å². The molecule has 1 aliphatic heterocycles. The molecule has 6 atom stereocenters. The van der Waals surface area contributed by atoms with Gasteiger partial charge in [0.2, 0.25) is 17.6 Å². The summed E-state index contributed by atoms with van der Waals surface area (Å²) in [6.45, 7) is 4.54. The topological polar surface area (TPSA) is 168 Å². The minimum absolute atomic E-state index is 0.0796. The number of piperidine rings is 1. The van der Waals surface area contributed by atoms with Crippen molar-refractivity contribution in [1.82, 2.24) is 20.9 Å². The van der Waals surface area contributed by atoms with E-state index in [-0.39, 0.29) is 40.9 Å². The number of carbonyl (C=O) groups excluding carboxylic acids is 6. The zero-order valence-electron chi connectivity index (χ0n) is 25.6. The molecule has 5 fully saturated rings. The molecule has 1 saturated heterocycles. The summed E-state index contributed by atoms with van der Waals surface area (Å²) in [5.74, 6) is -2.34. The first-order chi connectivity index (χ1) is 20.5. The van der Waals surface area contributed by atoms with E-state index in [0.717, 1.165) is 83.3 Å². The van der Waals surface area contributed by atoms with Crippen molar-refractivity contribution in [2.24, 2.45) is 40.7 Å². The number of urea groups is 1. The van der Waals surface area contributed by atoms with Crippen LogP contribution < -0.4 is 21.7 Å². The SMILES string of the molecule is CC1(C)[C@@H]2[C@@H](C(=O)NC(CC3CC3)C(=O)C(N)=O)N(C(=O)[C@@H](NC(=O)N[C@H](C=O)C3CCCCC3)C3CCCCC3)C[C@@H]21. The first-order valence-corrected chi connectivity index (χ1v) is 16.5. The van der Waals surface area contributed by atoms with Crippen LogP contribution in [0, 0.1) is 35.0 Å². The quantitative estimate of drug-likeness (QED) is 0.198. The van der Waals surface area contributed by atoms with Gasteiger partial charge in [0, 0.05) is 6.54 Å². The van der Waals surface area contributed by atoms with E-state index in [0.29, 0.717) is 13.0 Å². The molecular weight excluding hydrogens is 550 g/mol. The fraction of sp³-hybridized carbons (Fsp3) is 0.812. The molecule has 11 nitrogen and oxygen atoms in total. The zero-order chi connectivity index (χ0) is 30.9. The number of primary amides is 1. The molecule has 1 heterocycles. The number of rotatable bonds is 12. The van der Waals surface area contributed by atoms with Gasteiger partial charge < -0.3 is 31.4 Å². The Morgan fingerprint density at radius 3 is 2.02 bits per heavy atom. The highest BCUT2D eigenvalue weighted by Crippen LogP contribution is 2.65. The fourth-order valence-electron chi connectivity index (χ4n) is 8.28. The van der Waals surface area contributed by atoms with Gasteiger partial charge in [-0.15, -0.1) is 0 Å². The van der Waals surface area contributed by atoms with Crippen molar-refractivity contribution in [3.63, 3.8) is 0 Å². The van der Waals surface area contributed by atoms with Gasteiger partial charge in [-0.3, -0.25) is 19.2 Å². The van der Waals surface area contributed by atoms with E-state index in [9.17, 15) is 28.8 Å². The average Bonchev–Trinajstić information content (AvgIpc) is 3.86. The van der Waals surface area contributed by atoms with Crippen LogP contribution in [0.25, 0.3) is 0 Å². The van der Waals surface area contributed by atoms with Crippen molar-refractivity contribution in [2.45, 2.75) is 121 Å². The first kappa shape index (κ1) is 31.4. The third-order valence-corrected chi connectivity index (χ3v) is 11.2.